The molecule has 0 unspecified atom stereocenters. The molecule has 3 aromatic rings. The summed E-state index contributed by atoms with van der Waals surface area (Å²) < 4.78 is 10.6. The predicted octanol–water partition coefficient (Wildman–Crippen LogP) is 3.59. The summed E-state index contributed by atoms with van der Waals surface area (Å²) in [4.78, 5) is 28.4. The summed E-state index contributed by atoms with van der Waals surface area (Å²) in [7, 11) is 3.19. The molecule has 146 valence electrons. The van der Waals surface area contributed by atoms with Crippen LogP contribution in [0.25, 0.3) is 10.8 Å². The van der Waals surface area contributed by atoms with Crippen molar-refractivity contribution in [2.24, 2.45) is 0 Å². The van der Waals surface area contributed by atoms with Gasteiger partial charge in [0.1, 0.15) is 4.88 Å². The molecule has 2 heterocycles. The molecule has 0 aliphatic rings. The lowest BCUT2D eigenvalue weighted by Gasteiger charge is -2.21. The van der Waals surface area contributed by atoms with Gasteiger partial charge < -0.3 is 14.4 Å². The Bertz CT molecular complexity index is 959. The van der Waals surface area contributed by atoms with Gasteiger partial charge in [-0.15, -0.1) is 11.3 Å². The molecule has 0 N–H and O–H groups in total. The number of ether oxygens (including phenoxy) is 2. The maximum atomic E-state index is 13.1. The fourth-order valence-electron chi connectivity index (χ4n) is 2.77. The molecule has 0 saturated carbocycles. The Balaban J connectivity index is 1.83. The van der Waals surface area contributed by atoms with Gasteiger partial charge in [-0.05, 0) is 37.6 Å². The molecular formula is C20H22N4O3S. The van der Waals surface area contributed by atoms with Crippen LogP contribution in [0.4, 0.5) is 0 Å². The van der Waals surface area contributed by atoms with Gasteiger partial charge in [0.2, 0.25) is 0 Å². The van der Waals surface area contributed by atoms with E-state index >= 15 is 0 Å². The summed E-state index contributed by atoms with van der Waals surface area (Å²) >= 11 is 1.32. The third-order valence-corrected chi connectivity index (χ3v) is 5.38. The minimum Gasteiger partial charge on any atom is -0.493 e. The number of rotatable bonds is 7. The second kappa shape index (κ2) is 8.79. The topological polar surface area (TPSA) is 77.4 Å². The fraction of sp³-hybridized carbons (Fsp3) is 0.300. The van der Waals surface area contributed by atoms with Crippen molar-refractivity contribution in [3.63, 3.8) is 0 Å². The van der Waals surface area contributed by atoms with Crippen LogP contribution in [0.1, 0.15) is 27.9 Å². The number of hydrogen-bond donors (Lipinski definition) is 0. The standard InChI is InChI=1S/C20H22N4O3S/c1-5-24(12-14-7-8-15(26-3)16(11-14)27-4)20(25)17-13(2)23-19(28-17)18-21-9-6-10-22-18/h6-11H,5,12H2,1-4H3. The van der Waals surface area contributed by atoms with Crippen LogP contribution in [0.3, 0.4) is 0 Å². The number of aryl methyl sites for hydroxylation is 1. The summed E-state index contributed by atoms with van der Waals surface area (Å²) in [6, 6.07) is 7.41. The average molecular weight is 398 g/mol. The number of carbonyl (C=O) groups is 1. The monoisotopic (exact) mass is 398 g/mol. The molecule has 0 aliphatic heterocycles. The Labute approximate surface area is 168 Å². The molecule has 0 bridgehead atoms. The molecule has 0 aliphatic carbocycles. The fourth-order valence-corrected chi connectivity index (χ4v) is 3.75. The van der Waals surface area contributed by atoms with Gasteiger partial charge in [0.05, 0.1) is 19.9 Å². The number of thiazole rings is 1. The second-order valence-corrected chi connectivity index (χ2v) is 7.01. The van der Waals surface area contributed by atoms with Crippen LogP contribution in [0.5, 0.6) is 11.5 Å². The van der Waals surface area contributed by atoms with E-state index < -0.39 is 0 Å². The maximum Gasteiger partial charge on any atom is 0.266 e. The molecule has 1 amide bonds. The average Bonchev–Trinajstić information content (AvgIpc) is 3.13. The lowest BCUT2D eigenvalue weighted by Crippen LogP contribution is -2.30. The first-order chi connectivity index (χ1) is 13.6. The molecule has 0 fully saturated rings. The van der Waals surface area contributed by atoms with Gasteiger partial charge in [0.25, 0.3) is 5.91 Å². The summed E-state index contributed by atoms with van der Waals surface area (Å²) in [6.07, 6.45) is 3.33. The van der Waals surface area contributed by atoms with Crippen molar-refractivity contribution in [3.05, 3.63) is 52.8 Å². The Hall–Kier alpha value is -3.00. The van der Waals surface area contributed by atoms with Crippen LogP contribution in [0, 0.1) is 6.92 Å². The molecule has 0 atom stereocenters. The van der Waals surface area contributed by atoms with Crippen LogP contribution in [-0.4, -0.2) is 46.5 Å². The first-order valence-corrected chi connectivity index (χ1v) is 9.64. The van der Waals surface area contributed by atoms with E-state index in [0.717, 1.165) is 5.56 Å². The number of aromatic nitrogens is 3. The normalized spacial score (nSPS) is 10.6. The lowest BCUT2D eigenvalue weighted by atomic mass is 10.1. The number of hydrogen-bond acceptors (Lipinski definition) is 7. The number of benzene rings is 1. The molecular weight excluding hydrogens is 376 g/mol. The molecule has 28 heavy (non-hydrogen) atoms. The van der Waals surface area contributed by atoms with Crippen LogP contribution in [0.15, 0.2) is 36.7 Å². The van der Waals surface area contributed by atoms with Crippen molar-refractivity contribution >= 4 is 17.2 Å². The van der Waals surface area contributed by atoms with Crippen molar-refractivity contribution < 1.29 is 14.3 Å². The quantitative estimate of drug-likeness (QED) is 0.605. The Morgan fingerprint density at radius 1 is 1.14 bits per heavy atom. The Kier molecular flexibility index (Phi) is 6.20. The van der Waals surface area contributed by atoms with Crippen LogP contribution >= 0.6 is 11.3 Å². The highest BCUT2D eigenvalue weighted by atomic mass is 32.1. The van der Waals surface area contributed by atoms with E-state index in [9.17, 15) is 4.79 Å². The number of methoxy groups -OCH3 is 2. The largest absolute Gasteiger partial charge is 0.493 e. The van der Waals surface area contributed by atoms with Crippen molar-refractivity contribution in [3.8, 4) is 22.3 Å². The van der Waals surface area contributed by atoms with Crippen LogP contribution in [-0.2, 0) is 6.54 Å². The molecule has 1 aromatic carbocycles. The SMILES string of the molecule is CCN(Cc1ccc(OC)c(OC)c1)C(=O)c1sc(-c2ncccn2)nc1C. The number of carbonyl (C=O) groups excluding carboxylic acids is 1. The summed E-state index contributed by atoms with van der Waals surface area (Å²) in [5, 5.41) is 0.642. The van der Waals surface area contributed by atoms with Crippen LogP contribution < -0.4 is 9.47 Å². The molecule has 7 nitrogen and oxygen atoms in total. The van der Waals surface area contributed by atoms with Gasteiger partial charge >= 0.3 is 0 Å². The van der Waals surface area contributed by atoms with E-state index in [1.807, 2.05) is 32.0 Å². The third-order valence-electron chi connectivity index (χ3n) is 4.24. The highest BCUT2D eigenvalue weighted by Gasteiger charge is 2.22. The predicted molar refractivity (Wildman–Crippen MR) is 108 cm³/mol. The molecule has 0 radical (unpaired) electrons. The zero-order valence-electron chi connectivity index (χ0n) is 16.3. The van der Waals surface area contributed by atoms with Crippen molar-refractivity contribution in [2.45, 2.75) is 20.4 Å². The summed E-state index contributed by atoms with van der Waals surface area (Å²) in [6.45, 7) is 4.82. The highest BCUT2D eigenvalue weighted by molar-refractivity contribution is 7.17. The van der Waals surface area contributed by atoms with Gasteiger partial charge in [-0.25, -0.2) is 15.0 Å². The van der Waals surface area contributed by atoms with E-state index in [4.69, 9.17) is 9.47 Å². The van der Waals surface area contributed by atoms with Gasteiger partial charge in [0.15, 0.2) is 22.3 Å². The zero-order valence-corrected chi connectivity index (χ0v) is 17.1. The molecule has 0 saturated heterocycles. The van der Waals surface area contributed by atoms with Gasteiger partial charge in [-0.2, -0.15) is 0 Å². The number of nitrogens with zero attached hydrogens (tertiary/aromatic N) is 4. The molecule has 3 rings (SSSR count). The first-order valence-electron chi connectivity index (χ1n) is 8.82. The molecule has 8 heteroatoms. The second-order valence-electron chi connectivity index (χ2n) is 6.01. The van der Waals surface area contributed by atoms with Crippen LogP contribution in [0.2, 0.25) is 0 Å². The van der Waals surface area contributed by atoms with Gasteiger partial charge in [-0.3, -0.25) is 4.79 Å². The third kappa shape index (κ3) is 4.12. The van der Waals surface area contributed by atoms with Gasteiger partial charge in [0, 0.05) is 25.5 Å². The summed E-state index contributed by atoms with van der Waals surface area (Å²) in [5.41, 5.74) is 1.64. The van der Waals surface area contributed by atoms with E-state index in [2.05, 4.69) is 15.0 Å². The Morgan fingerprint density at radius 3 is 2.50 bits per heavy atom. The van der Waals surface area contributed by atoms with Crippen molar-refractivity contribution in [1.29, 1.82) is 0 Å². The minimum absolute atomic E-state index is 0.0607. The van der Waals surface area contributed by atoms with E-state index in [0.29, 0.717) is 46.0 Å². The maximum absolute atomic E-state index is 13.1. The van der Waals surface area contributed by atoms with E-state index in [1.54, 1.807) is 37.6 Å². The van der Waals surface area contributed by atoms with Crippen molar-refractivity contribution in [1.82, 2.24) is 19.9 Å². The smallest absolute Gasteiger partial charge is 0.266 e. The zero-order chi connectivity index (χ0) is 20.1. The number of amides is 1. The van der Waals surface area contributed by atoms with E-state index in [-0.39, 0.29) is 5.91 Å². The van der Waals surface area contributed by atoms with E-state index in [1.165, 1.54) is 11.3 Å². The minimum atomic E-state index is -0.0607. The van der Waals surface area contributed by atoms with Crippen molar-refractivity contribution in [2.75, 3.05) is 20.8 Å². The highest BCUT2D eigenvalue weighted by Crippen LogP contribution is 2.29. The molecule has 2 aromatic heterocycles. The summed E-state index contributed by atoms with van der Waals surface area (Å²) in [5.74, 6) is 1.76. The molecule has 0 spiro atoms. The lowest BCUT2D eigenvalue weighted by molar-refractivity contribution is 0.0756. The van der Waals surface area contributed by atoms with Gasteiger partial charge in [-0.1, -0.05) is 6.07 Å². The Morgan fingerprint density at radius 2 is 1.86 bits per heavy atom. The first kappa shape index (κ1) is 19.8.